The molecule has 0 atom stereocenters. The highest BCUT2D eigenvalue weighted by atomic mass is 79.9. The first kappa shape index (κ1) is 20.0. The molecule has 1 heterocycles. The minimum atomic E-state index is -0.134. The molecule has 6 heteroatoms. The third-order valence-corrected chi connectivity index (χ3v) is 5.40. The molecular weight excluding hydrogens is 442 g/mol. The smallest absolute Gasteiger partial charge is 0.251 e. The summed E-state index contributed by atoms with van der Waals surface area (Å²) in [5.41, 5.74) is 3.03. The number of nitrogens with one attached hydrogen (secondary N) is 1. The van der Waals surface area contributed by atoms with E-state index in [-0.39, 0.29) is 18.2 Å². The number of nitrogens with zero attached hydrogens (tertiary/aromatic N) is 2. The highest BCUT2D eigenvalue weighted by Crippen LogP contribution is 2.18. The lowest BCUT2D eigenvalue weighted by Crippen LogP contribution is -2.26. The Labute approximate surface area is 182 Å². The molecule has 0 saturated heterocycles. The van der Waals surface area contributed by atoms with Crippen molar-refractivity contribution in [2.75, 3.05) is 6.54 Å². The number of Topliss-reactive ketones (excluding diaryl/α,β-unsaturated/α-hetero) is 1. The maximum atomic E-state index is 12.8. The SMILES string of the molecule is O=C(Cn1c(CCNC(=O)c2ccc(Br)cc2)nc2ccccc21)c1ccccc1. The molecule has 0 aliphatic carbocycles. The van der Waals surface area contributed by atoms with Crippen LogP contribution in [0.4, 0.5) is 0 Å². The predicted octanol–water partition coefficient (Wildman–Crippen LogP) is 4.65. The second kappa shape index (κ2) is 9.05. The third-order valence-electron chi connectivity index (χ3n) is 4.87. The molecule has 4 rings (SSSR count). The average Bonchev–Trinajstić information content (AvgIpc) is 3.12. The summed E-state index contributed by atoms with van der Waals surface area (Å²) in [5.74, 6) is 0.668. The lowest BCUT2D eigenvalue weighted by molar-refractivity contribution is 0.0948. The van der Waals surface area contributed by atoms with Crippen LogP contribution in [0.25, 0.3) is 11.0 Å². The molecule has 5 nitrogen and oxygen atoms in total. The molecule has 0 fully saturated rings. The van der Waals surface area contributed by atoms with E-state index in [4.69, 9.17) is 4.98 Å². The molecule has 0 spiro atoms. The van der Waals surface area contributed by atoms with Gasteiger partial charge in [-0.2, -0.15) is 0 Å². The first-order chi connectivity index (χ1) is 14.6. The lowest BCUT2D eigenvalue weighted by Gasteiger charge is -2.10. The summed E-state index contributed by atoms with van der Waals surface area (Å²) in [7, 11) is 0. The van der Waals surface area contributed by atoms with Gasteiger partial charge in [-0.15, -0.1) is 0 Å². The summed E-state index contributed by atoms with van der Waals surface area (Å²) in [5, 5.41) is 2.93. The molecule has 0 aliphatic heterocycles. The maximum absolute atomic E-state index is 12.8. The Balaban J connectivity index is 1.50. The molecule has 4 aromatic rings. The summed E-state index contributed by atoms with van der Waals surface area (Å²) in [4.78, 5) is 29.8. The minimum Gasteiger partial charge on any atom is -0.352 e. The molecular formula is C24H20BrN3O2. The number of carbonyl (C=O) groups is 2. The third kappa shape index (κ3) is 4.49. The highest BCUT2D eigenvalue weighted by molar-refractivity contribution is 9.10. The number of hydrogen-bond acceptors (Lipinski definition) is 3. The zero-order chi connectivity index (χ0) is 20.9. The number of benzene rings is 3. The summed E-state index contributed by atoms with van der Waals surface area (Å²) in [6.07, 6.45) is 0.527. The first-order valence-corrected chi connectivity index (χ1v) is 10.5. The van der Waals surface area contributed by atoms with Crippen molar-refractivity contribution >= 4 is 38.7 Å². The van der Waals surface area contributed by atoms with Crippen LogP contribution in [0.3, 0.4) is 0 Å². The number of rotatable bonds is 7. The molecule has 3 aromatic carbocycles. The Morgan fingerprint density at radius 1 is 0.867 bits per heavy atom. The van der Waals surface area contributed by atoms with E-state index in [0.29, 0.717) is 24.1 Å². The zero-order valence-corrected chi connectivity index (χ0v) is 17.8. The number of amides is 1. The van der Waals surface area contributed by atoms with E-state index in [0.717, 1.165) is 21.3 Å². The van der Waals surface area contributed by atoms with Gasteiger partial charge in [0, 0.05) is 28.6 Å². The van der Waals surface area contributed by atoms with Gasteiger partial charge in [0.15, 0.2) is 5.78 Å². The number of halogens is 1. The van der Waals surface area contributed by atoms with Crippen LogP contribution in [0.2, 0.25) is 0 Å². The van der Waals surface area contributed by atoms with E-state index in [1.54, 1.807) is 12.1 Å². The minimum absolute atomic E-state index is 0.0268. The molecule has 150 valence electrons. The summed E-state index contributed by atoms with van der Waals surface area (Å²) >= 11 is 3.37. The van der Waals surface area contributed by atoms with Crippen molar-refractivity contribution in [3.05, 3.63) is 100 Å². The zero-order valence-electron chi connectivity index (χ0n) is 16.2. The standard InChI is InChI=1S/C24H20BrN3O2/c25-19-12-10-18(11-13-19)24(30)26-15-14-23-27-20-8-4-5-9-21(20)28(23)16-22(29)17-6-2-1-3-7-17/h1-13H,14-16H2,(H,26,30). The Hall–Kier alpha value is -3.25. The number of ketones is 1. The van der Waals surface area contributed by atoms with Crippen LogP contribution in [0.1, 0.15) is 26.5 Å². The van der Waals surface area contributed by atoms with Gasteiger partial charge in [0.25, 0.3) is 5.91 Å². The van der Waals surface area contributed by atoms with Crippen LogP contribution in [0.15, 0.2) is 83.3 Å². The molecule has 0 radical (unpaired) electrons. The Kier molecular flexibility index (Phi) is 6.05. The fourth-order valence-corrected chi connectivity index (χ4v) is 3.61. The van der Waals surface area contributed by atoms with E-state index < -0.39 is 0 Å². The molecule has 0 bridgehead atoms. The highest BCUT2D eigenvalue weighted by Gasteiger charge is 2.15. The van der Waals surface area contributed by atoms with E-state index in [1.165, 1.54) is 0 Å². The van der Waals surface area contributed by atoms with Crippen molar-refractivity contribution < 1.29 is 9.59 Å². The van der Waals surface area contributed by atoms with E-state index in [9.17, 15) is 9.59 Å². The van der Waals surface area contributed by atoms with Crippen LogP contribution >= 0.6 is 15.9 Å². The second-order valence-electron chi connectivity index (χ2n) is 6.90. The van der Waals surface area contributed by atoms with Gasteiger partial charge in [-0.1, -0.05) is 58.4 Å². The average molecular weight is 462 g/mol. The lowest BCUT2D eigenvalue weighted by atomic mass is 10.1. The summed E-state index contributed by atoms with van der Waals surface area (Å²) in [6, 6.07) is 24.2. The van der Waals surface area contributed by atoms with Crippen LogP contribution in [0.5, 0.6) is 0 Å². The fourth-order valence-electron chi connectivity index (χ4n) is 3.34. The summed E-state index contributed by atoms with van der Waals surface area (Å²) < 4.78 is 2.87. The molecule has 1 N–H and O–H groups in total. The molecule has 1 amide bonds. The van der Waals surface area contributed by atoms with E-state index in [1.807, 2.05) is 71.3 Å². The number of fused-ring (bicyclic) bond motifs is 1. The first-order valence-electron chi connectivity index (χ1n) is 9.68. The van der Waals surface area contributed by atoms with Crippen molar-refractivity contribution in [2.24, 2.45) is 0 Å². The number of carbonyl (C=O) groups excluding carboxylic acids is 2. The van der Waals surface area contributed by atoms with Gasteiger partial charge >= 0.3 is 0 Å². The van der Waals surface area contributed by atoms with Gasteiger partial charge in [0.1, 0.15) is 5.82 Å². The van der Waals surface area contributed by atoms with Crippen LogP contribution in [-0.4, -0.2) is 27.8 Å². The van der Waals surface area contributed by atoms with Crippen LogP contribution < -0.4 is 5.32 Å². The summed E-state index contributed by atoms with van der Waals surface area (Å²) in [6.45, 7) is 0.637. The molecule has 0 saturated carbocycles. The fraction of sp³-hybridized carbons (Fsp3) is 0.125. The topological polar surface area (TPSA) is 64.0 Å². The Morgan fingerprint density at radius 3 is 2.33 bits per heavy atom. The van der Waals surface area contributed by atoms with Crippen molar-refractivity contribution in [3.63, 3.8) is 0 Å². The Bertz CT molecular complexity index is 1180. The monoisotopic (exact) mass is 461 g/mol. The van der Waals surface area contributed by atoms with Crippen LogP contribution in [-0.2, 0) is 13.0 Å². The van der Waals surface area contributed by atoms with Crippen molar-refractivity contribution in [2.45, 2.75) is 13.0 Å². The quantitative estimate of drug-likeness (QED) is 0.407. The van der Waals surface area contributed by atoms with Gasteiger partial charge in [0.05, 0.1) is 17.6 Å². The van der Waals surface area contributed by atoms with Gasteiger partial charge in [-0.05, 0) is 36.4 Å². The van der Waals surface area contributed by atoms with Crippen molar-refractivity contribution in [3.8, 4) is 0 Å². The Morgan fingerprint density at radius 2 is 1.57 bits per heavy atom. The maximum Gasteiger partial charge on any atom is 0.251 e. The van der Waals surface area contributed by atoms with Gasteiger partial charge < -0.3 is 9.88 Å². The van der Waals surface area contributed by atoms with E-state index >= 15 is 0 Å². The number of para-hydroxylation sites is 2. The predicted molar refractivity (Wildman–Crippen MR) is 121 cm³/mol. The van der Waals surface area contributed by atoms with Gasteiger partial charge in [-0.25, -0.2) is 4.98 Å². The largest absolute Gasteiger partial charge is 0.352 e. The van der Waals surface area contributed by atoms with Gasteiger partial charge in [-0.3, -0.25) is 9.59 Å². The number of aromatic nitrogens is 2. The van der Waals surface area contributed by atoms with Gasteiger partial charge in [0.2, 0.25) is 0 Å². The van der Waals surface area contributed by atoms with Crippen molar-refractivity contribution in [1.82, 2.24) is 14.9 Å². The normalized spacial score (nSPS) is 10.8. The number of hydrogen-bond donors (Lipinski definition) is 1. The van der Waals surface area contributed by atoms with E-state index in [2.05, 4.69) is 21.2 Å². The number of imidazole rings is 1. The second-order valence-corrected chi connectivity index (χ2v) is 7.82. The molecule has 30 heavy (non-hydrogen) atoms. The van der Waals surface area contributed by atoms with Crippen molar-refractivity contribution in [1.29, 1.82) is 0 Å². The molecule has 0 aliphatic rings. The van der Waals surface area contributed by atoms with Crippen LogP contribution in [0, 0.1) is 0 Å². The molecule has 0 unspecified atom stereocenters. The molecule has 1 aromatic heterocycles.